The molecule has 0 spiro atoms. The summed E-state index contributed by atoms with van der Waals surface area (Å²) in [5, 5.41) is 11.9. The molecule has 0 aliphatic heterocycles. The Hall–Kier alpha value is -0.850. The first-order chi connectivity index (χ1) is 8.63. The van der Waals surface area contributed by atoms with Gasteiger partial charge in [0.05, 0.1) is 12.0 Å². The van der Waals surface area contributed by atoms with Gasteiger partial charge in [0.2, 0.25) is 0 Å². The van der Waals surface area contributed by atoms with Crippen molar-refractivity contribution in [2.75, 3.05) is 13.7 Å². The third-order valence-corrected chi connectivity index (χ3v) is 4.60. The van der Waals surface area contributed by atoms with Crippen molar-refractivity contribution in [2.45, 2.75) is 12.5 Å². The second-order valence-electron chi connectivity index (χ2n) is 4.10. The van der Waals surface area contributed by atoms with Crippen LogP contribution in [0.1, 0.15) is 16.1 Å². The quantitative estimate of drug-likeness (QED) is 0.831. The number of amides is 1. The highest BCUT2D eigenvalue weighted by atomic mass is 79.9. The maximum atomic E-state index is 12.0. The van der Waals surface area contributed by atoms with Gasteiger partial charge < -0.3 is 15.2 Å². The molecule has 0 aromatic carbocycles. The predicted octanol–water partition coefficient (Wildman–Crippen LogP) is 2.19. The van der Waals surface area contributed by atoms with E-state index in [0.717, 1.165) is 10.2 Å². The minimum atomic E-state index is -0.114. The lowest BCUT2D eigenvalue weighted by atomic mass is 10.1. The Bertz CT molecular complexity index is 472. The van der Waals surface area contributed by atoms with Crippen molar-refractivity contribution in [1.29, 1.82) is 0 Å². The fraction of sp³-hybridized carbons (Fsp3) is 0.417. The number of nitrogens with one attached hydrogen (secondary N) is 1. The number of ether oxygens (including phenoxy) is 1. The number of methoxy groups -OCH3 is 1. The number of thiophene rings is 1. The third-order valence-electron chi connectivity index (χ3n) is 2.82. The average molecular weight is 332 g/mol. The molecule has 0 bridgehead atoms. The van der Waals surface area contributed by atoms with Gasteiger partial charge in [0.25, 0.3) is 5.91 Å². The van der Waals surface area contributed by atoms with Crippen molar-refractivity contribution < 1.29 is 14.6 Å². The summed E-state index contributed by atoms with van der Waals surface area (Å²) in [7, 11) is 1.57. The highest BCUT2D eigenvalue weighted by Crippen LogP contribution is 2.34. The van der Waals surface area contributed by atoms with Gasteiger partial charge in [-0.15, -0.1) is 11.3 Å². The van der Waals surface area contributed by atoms with Gasteiger partial charge in [-0.1, -0.05) is 12.2 Å². The summed E-state index contributed by atoms with van der Waals surface area (Å²) in [4.78, 5) is 12.6. The van der Waals surface area contributed by atoms with E-state index in [1.54, 1.807) is 13.2 Å². The summed E-state index contributed by atoms with van der Waals surface area (Å²) in [5.41, 5.74) is 0. The molecule has 1 amide bonds. The first-order valence-corrected chi connectivity index (χ1v) is 7.18. The summed E-state index contributed by atoms with van der Waals surface area (Å²) >= 11 is 4.69. The van der Waals surface area contributed by atoms with Crippen molar-refractivity contribution in [1.82, 2.24) is 5.32 Å². The number of hydrogen-bond donors (Lipinski definition) is 2. The van der Waals surface area contributed by atoms with Crippen LogP contribution in [-0.4, -0.2) is 30.8 Å². The fourth-order valence-corrected chi connectivity index (χ4v) is 3.41. The Morgan fingerprint density at radius 3 is 3.00 bits per heavy atom. The van der Waals surface area contributed by atoms with Gasteiger partial charge in [0, 0.05) is 24.6 Å². The zero-order valence-electron chi connectivity index (χ0n) is 9.85. The van der Waals surface area contributed by atoms with E-state index in [9.17, 15) is 4.79 Å². The molecule has 2 rings (SSSR count). The predicted molar refractivity (Wildman–Crippen MR) is 74.2 cm³/mol. The van der Waals surface area contributed by atoms with Gasteiger partial charge in [-0.25, -0.2) is 0 Å². The summed E-state index contributed by atoms with van der Waals surface area (Å²) in [6.45, 7) is 0.126. The smallest absolute Gasteiger partial charge is 0.261 e. The van der Waals surface area contributed by atoms with Crippen LogP contribution in [0.5, 0.6) is 5.75 Å². The summed E-state index contributed by atoms with van der Waals surface area (Å²) in [6.07, 6.45) is 4.63. The molecule has 0 saturated carbocycles. The lowest BCUT2D eigenvalue weighted by Crippen LogP contribution is -2.32. The summed E-state index contributed by atoms with van der Waals surface area (Å²) in [5.74, 6) is 0.706. The van der Waals surface area contributed by atoms with Gasteiger partial charge >= 0.3 is 0 Å². The van der Waals surface area contributed by atoms with Crippen molar-refractivity contribution in [3.8, 4) is 5.75 Å². The molecule has 0 fully saturated rings. The van der Waals surface area contributed by atoms with Crippen molar-refractivity contribution in [3.63, 3.8) is 0 Å². The van der Waals surface area contributed by atoms with Crippen molar-refractivity contribution in [2.24, 2.45) is 5.92 Å². The minimum Gasteiger partial charge on any atom is -0.495 e. The third kappa shape index (κ3) is 2.93. The SMILES string of the molecule is COc1cc(C(=O)N[C@@H]2C=C[C@H](CO)C2)sc1Br. The number of hydrogen-bond acceptors (Lipinski definition) is 4. The van der Waals surface area contributed by atoms with E-state index in [0.29, 0.717) is 10.6 Å². The van der Waals surface area contributed by atoms with Crippen LogP contribution in [0.3, 0.4) is 0 Å². The Labute approximate surface area is 118 Å². The van der Waals surface area contributed by atoms with E-state index >= 15 is 0 Å². The van der Waals surface area contributed by atoms with Crippen LogP contribution in [0.2, 0.25) is 0 Å². The number of rotatable bonds is 4. The number of carbonyl (C=O) groups excluding carboxylic acids is 1. The largest absolute Gasteiger partial charge is 0.495 e. The average Bonchev–Trinajstić information content (AvgIpc) is 2.95. The Morgan fingerprint density at radius 2 is 2.44 bits per heavy atom. The summed E-state index contributed by atoms with van der Waals surface area (Å²) in [6, 6.07) is 1.72. The molecule has 4 nitrogen and oxygen atoms in total. The lowest BCUT2D eigenvalue weighted by Gasteiger charge is -2.11. The highest BCUT2D eigenvalue weighted by Gasteiger charge is 2.21. The minimum absolute atomic E-state index is 0.00141. The molecule has 2 N–H and O–H groups in total. The Kier molecular flexibility index (Phi) is 4.42. The molecule has 1 aliphatic rings. The number of halogens is 1. The lowest BCUT2D eigenvalue weighted by molar-refractivity contribution is 0.0945. The summed E-state index contributed by atoms with van der Waals surface area (Å²) < 4.78 is 5.93. The molecule has 0 saturated heterocycles. The monoisotopic (exact) mass is 331 g/mol. The van der Waals surface area contributed by atoms with Gasteiger partial charge in [0.15, 0.2) is 0 Å². The van der Waals surface area contributed by atoms with Crippen LogP contribution in [-0.2, 0) is 0 Å². The molecular formula is C12H14BrNO3S. The molecular weight excluding hydrogens is 318 g/mol. The van der Waals surface area contributed by atoms with Crippen LogP contribution < -0.4 is 10.1 Å². The van der Waals surface area contributed by atoms with Crippen LogP contribution in [0.15, 0.2) is 22.0 Å². The first-order valence-electron chi connectivity index (χ1n) is 5.57. The molecule has 0 radical (unpaired) electrons. The number of carbonyl (C=O) groups is 1. The molecule has 1 aromatic rings. The van der Waals surface area contributed by atoms with Crippen molar-refractivity contribution >= 4 is 33.2 Å². The maximum absolute atomic E-state index is 12.0. The van der Waals surface area contributed by atoms with Crippen LogP contribution in [0, 0.1) is 5.92 Å². The molecule has 98 valence electrons. The molecule has 0 unspecified atom stereocenters. The normalized spacial score (nSPS) is 22.2. The topological polar surface area (TPSA) is 58.6 Å². The second-order valence-corrected chi connectivity index (χ2v) is 6.47. The molecule has 1 aliphatic carbocycles. The molecule has 1 heterocycles. The fourth-order valence-electron chi connectivity index (χ4n) is 1.86. The van der Waals surface area contributed by atoms with E-state index in [1.807, 2.05) is 12.2 Å². The second kappa shape index (κ2) is 5.86. The van der Waals surface area contributed by atoms with Crippen molar-refractivity contribution in [3.05, 3.63) is 26.9 Å². The molecule has 6 heteroatoms. The van der Waals surface area contributed by atoms with E-state index < -0.39 is 0 Å². The number of aliphatic hydroxyl groups is 1. The van der Waals surface area contributed by atoms with Crippen LogP contribution >= 0.6 is 27.3 Å². The van der Waals surface area contributed by atoms with Gasteiger partial charge in [-0.2, -0.15) is 0 Å². The van der Waals surface area contributed by atoms with Gasteiger partial charge in [-0.3, -0.25) is 4.79 Å². The first kappa shape index (κ1) is 13.6. The van der Waals surface area contributed by atoms with E-state index in [1.165, 1.54) is 11.3 Å². The molecule has 1 aromatic heterocycles. The Morgan fingerprint density at radius 1 is 1.67 bits per heavy atom. The maximum Gasteiger partial charge on any atom is 0.261 e. The zero-order chi connectivity index (χ0) is 13.1. The Balaban J connectivity index is 1.98. The standard InChI is InChI=1S/C12H14BrNO3S/c1-17-9-5-10(18-11(9)13)12(16)14-8-3-2-7(4-8)6-15/h2-3,5,7-8,15H,4,6H2,1H3,(H,14,16)/t7-,8+/m0/s1. The van der Waals surface area contributed by atoms with Gasteiger partial charge in [-0.05, 0) is 22.4 Å². The highest BCUT2D eigenvalue weighted by molar-refractivity contribution is 9.11. The van der Waals surface area contributed by atoms with E-state index in [-0.39, 0.29) is 24.5 Å². The van der Waals surface area contributed by atoms with E-state index in [2.05, 4.69) is 21.2 Å². The van der Waals surface area contributed by atoms with Gasteiger partial charge in [0.1, 0.15) is 9.54 Å². The van der Waals surface area contributed by atoms with E-state index in [4.69, 9.17) is 9.84 Å². The molecule has 2 atom stereocenters. The number of aliphatic hydroxyl groups excluding tert-OH is 1. The van der Waals surface area contributed by atoms with Crippen LogP contribution in [0.4, 0.5) is 0 Å². The van der Waals surface area contributed by atoms with Crippen LogP contribution in [0.25, 0.3) is 0 Å². The molecule has 18 heavy (non-hydrogen) atoms. The zero-order valence-corrected chi connectivity index (χ0v) is 12.3.